The second-order valence-electron chi connectivity index (χ2n) is 2.51. The molecule has 74 valence electrons. The van der Waals surface area contributed by atoms with Crippen molar-refractivity contribution in [2.75, 3.05) is 20.2 Å². The third kappa shape index (κ3) is 6.42. The fraction of sp³-hybridized carbons (Fsp3) is 0.444. The summed E-state index contributed by atoms with van der Waals surface area (Å²) in [6, 6.07) is 0. The van der Waals surface area contributed by atoms with Gasteiger partial charge in [0.05, 0.1) is 6.61 Å². The Labute approximate surface area is 84.2 Å². The summed E-state index contributed by atoms with van der Waals surface area (Å²) in [6.45, 7) is 0.386. The average molecular weight is 201 g/mol. The number of carbonyl (C=O) groups excluding carboxylic acids is 1. The molecule has 0 fully saturated rings. The van der Waals surface area contributed by atoms with Crippen LogP contribution in [0.1, 0.15) is 6.42 Å². The van der Waals surface area contributed by atoms with Crippen LogP contribution < -0.4 is 0 Å². The second kappa shape index (κ2) is 7.89. The molecule has 13 heavy (non-hydrogen) atoms. The number of hydrogen-bond donors (Lipinski definition) is 2. The lowest BCUT2D eigenvalue weighted by atomic mass is 10.3. The molecule has 0 aliphatic rings. The lowest BCUT2D eigenvalue weighted by molar-refractivity contribution is -0.129. The molecule has 0 unspecified atom stereocenters. The van der Waals surface area contributed by atoms with Gasteiger partial charge in [-0.1, -0.05) is 18.2 Å². The van der Waals surface area contributed by atoms with Crippen LogP contribution in [0.2, 0.25) is 0 Å². The smallest absolute Gasteiger partial charge is 0.226 e. The molecule has 0 atom stereocenters. The number of hydrogen-bond acceptors (Lipinski definition) is 3. The van der Waals surface area contributed by atoms with Crippen LogP contribution in [0.3, 0.4) is 0 Å². The van der Waals surface area contributed by atoms with Crippen molar-refractivity contribution in [3.63, 3.8) is 0 Å². The molecule has 0 aliphatic heterocycles. The molecule has 0 aromatic heterocycles. The highest BCUT2D eigenvalue weighted by Crippen LogP contribution is 1.92. The van der Waals surface area contributed by atoms with Crippen LogP contribution in [0.4, 0.5) is 0 Å². The largest absolute Gasteiger partial charge is 0.395 e. The molecule has 1 N–H and O–H groups in total. The zero-order chi connectivity index (χ0) is 10.1. The van der Waals surface area contributed by atoms with Crippen molar-refractivity contribution in [2.45, 2.75) is 6.42 Å². The van der Waals surface area contributed by atoms with Crippen molar-refractivity contribution in [1.29, 1.82) is 0 Å². The predicted molar refractivity (Wildman–Crippen MR) is 56.6 cm³/mol. The molecule has 0 spiro atoms. The summed E-state index contributed by atoms with van der Waals surface area (Å²) < 4.78 is 0. The standard InChI is InChI=1S/C9H15NO2S/c1-10(6-7-11)9(12)5-3-2-4-8-13/h2-4,8,11,13H,5-7H2,1H3/b3-2+,8-4-. The van der Waals surface area contributed by atoms with Crippen molar-refractivity contribution in [1.82, 2.24) is 4.90 Å². The van der Waals surface area contributed by atoms with Crippen LogP contribution in [-0.4, -0.2) is 36.1 Å². The van der Waals surface area contributed by atoms with E-state index in [0.717, 1.165) is 0 Å². The first-order valence-electron chi connectivity index (χ1n) is 4.03. The Hall–Kier alpha value is -0.740. The summed E-state index contributed by atoms with van der Waals surface area (Å²) in [5.74, 6) is -0.00198. The van der Waals surface area contributed by atoms with Gasteiger partial charge in [0, 0.05) is 20.0 Å². The Morgan fingerprint density at radius 1 is 1.54 bits per heavy atom. The number of nitrogens with zero attached hydrogens (tertiary/aromatic N) is 1. The van der Waals surface area contributed by atoms with Crippen LogP contribution in [0.15, 0.2) is 23.6 Å². The van der Waals surface area contributed by atoms with Gasteiger partial charge >= 0.3 is 0 Å². The molecule has 1 amide bonds. The van der Waals surface area contributed by atoms with E-state index in [0.29, 0.717) is 13.0 Å². The minimum Gasteiger partial charge on any atom is -0.395 e. The van der Waals surface area contributed by atoms with Gasteiger partial charge in [-0.25, -0.2) is 0 Å². The van der Waals surface area contributed by atoms with E-state index in [2.05, 4.69) is 12.6 Å². The Kier molecular flexibility index (Phi) is 7.44. The van der Waals surface area contributed by atoms with Crippen molar-refractivity contribution in [2.24, 2.45) is 0 Å². The molecule has 0 saturated heterocycles. The quantitative estimate of drug-likeness (QED) is 0.511. The topological polar surface area (TPSA) is 40.5 Å². The van der Waals surface area contributed by atoms with Gasteiger partial charge in [0.1, 0.15) is 0 Å². The van der Waals surface area contributed by atoms with Gasteiger partial charge in [0.2, 0.25) is 5.91 Å². The van der Waals surface area contributed by atoms with Gasteiger partial charge in [-0.05, 0) is 5.41 Å². The number of aliphatic hydroxyl groups excluding tert-OH is 1. The summed E-state index contributed by atoms with van der Waals surface area (Å²) in [5, 5.41) is 10.2. The molecule has 0 aromatic rings. The zero-order valence-corrected chi connectivity index (χ0v) is 8.58. The number of rotatable bonds is 5. The minimum atomic E-state index is -0.00198. The van der Waals surface area contributed by atoms with Crippen molar-refractivity contribution >= 4 is 18.5 Å². The normalized spacial score (nSPS) is 11.3. The Bertz CT molecular complexity index is 202. The first kappa shape index (κ1) is 12.3. The van der Waals surface area contributed by atoms with Gasteiger partial charge in [0.15, 0.2) is 0 Å². The number of aliphatic hydroxyl groups is 1. The maximum absolute atomic E-state index is 11.2. The fourth-order valence-electron chi connectivity index (χ4n) is 0.728. The maximum atomic E-state index is 11.2. The van der Waals surface area contributed by atoms with Gasteiger partial charge in [-0.15, -0.1) is 0 Å². The van der Waals surface area contributed by atoms with E-state index in [1.807, 2.05) is 0 Å². The lowest BCUT2D eigenvalue weighted by Gasteiger charge is -2.13. The molecule has 0 radical (unpaired) electrons. The summed E-state index contributed by atoms with van der Waals surface area (Å²) >= 11 is 3.86. The molecule has 0 aliphatic carbocycles. The molecule has 3 nitrogen and oxygen atoms in total. The Balaban J connectivity index is 3.73. The lowest BCUT2D eigenvalue weighted by Crippen LogP contribution is -2.28. The molecule has 0 bridgehead atoms. The van der Waals surface area contributed by atoms with E-state index < -0.39 is 0 Å². The van der Waals surface area contributed by atoms with E-state index in [9.17, 15) is 4.79 Å². The van der Waals surface area contributed by atoms with Crippen LogP contribution >= 0.6 is 12.6 Å². The highest BCUT2D eigenvalue weighted by molar-refractivity contribution is 7.83. The van der Waals surface area contributed by atoms with Gasteiger partial charge in [-0.3, -0.25) is 4.79 Å². The second-order valence-corrected chi connectivity index (χ2v) is 2.81. The first-order valence-corrected chi connectivity index (χ1v) is 4.54. The summed E-state index contributed by atoms with van der Waals surface area (Å²) in [5.41, 5.74) is 0. The van der Waals surface area contributed by atoms with Crippen molar-refractivity contribution in [3.8, 4) is 0 Å². The molecular formula is C9H15NO2S. The molecule has 0 rings (SSSR count). The molecular weight excluding hydrogens is 186 g/mol. The molecule has 0 aromatic carbocycles. The van der Waals surface area contributed by atoms with Gasteiger partial charge < -0.3 is 10.0 Å². The maximum Gasteiger partial charge on any atom is 0.226 e. The number of carbonyl (C=O) groups is 1. The van der Waals surface area contributed by atoms with Crippen LogP contribution in [0.5, 0.6) is 0 Å². The Morgan fingerprint density at radius 2 is 2.23 bits per heavy atom. The van der Waals surface area contributed by atoms with Gasteiger partial charge in [-0.2, -0.15) is 12.6 Å². The average Bonchev–Trinajstić information content (AvgIpc) is 2.12. The SMILES string of the molecule is CN(CCO)C(=O)C/C=C/C=C\S. The van der Waals surface area contributed by atoms with E-state index in [1.54, 1.807) is 30.7 Å². The van der Waals surface area contributed by atoms with E-state index in [-0.39, 0.29) is 12.5 Å². The highest BCUT2D eigenvalue weighted by atomic mass is 32.1. The summed E-state index contributed by atoms with van der Waals surface area (Å²) in [7, 11) is 1.67. The fourth-order valence-corrected chi connectivity index (χ4v) is 0.827. The third-order valence-electron chi connectivity index (χ3n) is 1.49. The third-order valence-corrected chi connectivity index (χ3v) is 1.66. The van der Waals surface area contributed by atoms with E-state index in [4.69, 9.17) is 5.11 Å². The predicted octanol–water partition coefficient (Wildman–Crippen LogP) is 0.827. The minimum absolute atomic E-state index is 0.00198. The van der Waals surface area contributed by atoms with Crippen molar-refractivity contribution < 1.29 is 9.90 Å². The number of thiol groups is 1. The van der Waals surface area contributed by atoms with E-state index >= 15 is 0 Å². The van der Waals surface area contributed by atoms with E-state index in [1.165, 1.54) is 4.90 Å². The molecule has 0 saturated carbocycles. The number of amides is 1. The van der Waals surface area contributed by atoms with Gasteiger partial charge in [0.25, 0.3) is 0 Å². The number of allylic oxidation sites excluding steroid dienone is 2. The Morgan fingerprint density at radius 3 is 2.77 bits per heavy atom. The van der Waals surface area contributed by atoms with Crippen molar-refractivity contribution in [3.05, 3.63) is 23.6 Å². The molecule has 0 heterocycles. The molecule has 4 heteroatoms. The summed E-state index contributed by atoms with van der Waals surface area (Å²) in [4.78, 5) is 12.7. The van der Waals surface area contributed by atoms with Crippen LogP contribution in [0.25, 0.3) is 0 Å². The van der Waals surface area contributed by atoms with Crippen LogP contribution in [0, 0.1) is 0 Å². The van der Waals surface area contributed by atoms with Crippen LogP contribution in [-0.2, 0) is 4.79 Å². The monoisotopic (exact) mass is 201 g/mol. The number of likely N-dealkylation sites (N-methyl/N-ethyl adjacent to an activating group) is 1. The first-order chi connectivity index (χ1) is 6.22. The zero-order valence-electron chi connectivity index (χ0n) is 7.68. The highest BCUT2D eigenvalue weighted by Gasteiger charge is 2.03. The summed E-state index contributed by atoms with van der Waals surface area (Å²) in [6.07, 6.45) is 5.61.